The minimum absolute atomic E-state index is 0.0636. The van der Waals surface area contributed by atoms with Crippen molar-refractivity contribution in [1.82, 2.24) is 9.88 Å². The van der Waals surface area contributed by atoms with Gasteiger partial charge in [-0.25, -0.2) is 9.37 Å². The van der Waals surface area contributed by atoms with Gasteiger partial charge in [0.05, 0.1) is 24.9 Å². The lowest BCUT2D eigenvalue weighted by atomic mass is 9.77. The predicted molar refractivity (Wildman–Crippen MR) is 138 cm³/mol. The van der Waals surface area contributed by atoms with Gasteiger partial charge in [-0.1, -0.05) is 11.6 Å². The Kier molecular flexibility index (Phi) is 6.26. The molecule has 8 heteroatoms. The van der Waals surface area contributed by atoms with Crippen molar-refractivity contribution >= 4 is 34.1 Å². The smallest absolute Gasteiger partial charge is 0.229 e. The number of rotatable bonds is 6. The lowest BCUT2D eigenvalue weighted by molar-refractivity contribution is -0.120. The highest BCUT2D eigenvalue weighted by Gasteiger charge is 2.64. The zero-order valence-electron chi connectivity index (χ0n) is 21.1. The molecule has 2 saturated carbocycles. The lowest BCUT2D eigenvalue weighted by Crippen LogP contribution is -2.55. The SMILES string of the molecule is CCOC1CC2(C1)CC2C(=O)Nc1cc2cc(C3CCN([C@]4(C)COC[C@@H]4F)CC3)c(Cl)cc2cn1. The normalized spacial score (nSPS) is 34.7. The second-order valence-corrected chi connectivity index (χ2v) is 11.9. The molecule has 1 amide bonds. The van der Waals surface area contributed by atoms with Crippen molar-refractivity contribution in [3.05, 3.63) is 35.0 Å². The minimum atomic E-state index is -0.944. The minimum Gasteiger partial charge on any atom is -0.378 e. The van der Waals surface area contributed by atoms with Gasteiger partial charge in [0.25, 0.3) is 0 Å². The maximum Gasteiger partial charge on any atom is 0.229 e. The number of benzene rings is 1. The average molecular weight is 516 g/mol. The topological polar surface area (TPSA) is 63.7 Å². The van der Waals surface area contributed by atoms with Crippen molar-refractivity contribution in [3.8, 4) is 0 Å². The molecule has 1 unspecified atom stereocenters. The molecule has 2 aliphatic heterocycles. The van der Waals surface area contributed by atoms with Gasteiger partial charge < -0.3 is 14.8 Å². The maximum absolute atomic E-state index is 14.5. The van der Waals surface area contributed by atoms with E-state index >= 15 is 0 Å². The third-order valence-corrected chi connectivity index (χ3v) is 9.58. The van der Waals surface area contributed by atoms with Crippen LogP contribution in [-0.2, 0) is 14.3 Å². The van der Waals surface area contributed by atoms with E-state index in [1.54, 1.807) is 6.20 Å². The van der Waals surface area contributed by atoms with E-state index in [0.717, 1.165) is 73.2 Å². The molecule has 4 aliphatic rings. The highest BCUT2D eigenvalue weighted by Crippen LogP contribution is 2.66. The largest absolute Gasteiger partial charge is 0.378 e. The second-order valence-electron chi connectivity index (χ2n) is 11.5. The Morgan fingerprint density at radius 2 is 2.03 bits per heavy atom. The van der Waals surface area contributed by atoms with Gasteiger partial charge in [0.1, 0.15) is 12.0 Å². The van der Waals surface area contributed by atoms with Crippen LogP contribution in [0.5, 0.6) is 0 Å². The number of nitrogens with one attached hydrogen (secondary N) is 1. The van der Waals surface area contributed by atoms with Crippen LogP contribution < -0.4 is 5.32 Å². The first-order valence-corrected chi connectivity index (χ1v) is 13.7. The van der Waals surface area contributed by atoms with Crippen LogP contribution in [0.4, 0.5) is 10.2 Å². The molecule has 2 aliphatic carbocycles. The Labute approximate surface area is 216 Å². The summed E-state index contributed by atoms with van der Waals surface area (Å²) in [4.78, 5) is 19.6. The van der Waals surface area contributed by atoms with Crippen molar-refractivity contribution in [1.29, 1.82) is 0 Å². The number of ether oxygens (including phenoxy) is 2. The first kappa shape index (κ1) is 24.5. The first-order chi connectivity index (χ1) is 17.3. The van der Waals surface area contributed by atoms with E-state index in [0.29, 0.717) is 24.4 Å². The number of piperidine rings is 1. The van der Waals surface area contributed by atoms with Crippen molar-refractivity contribution in [2.45, 2.75) is 69.7 Å². The van der Waals surface area contributed by atoms with Crippen molar-refractivity contribution < 1.29 is 18.7 Å². The zero-order chi connectivity index (χ0) is 25.1. The molecule has 36 heavy (non-hydrogen) atoms. The van der Waals surface area contributed by atoms with Crippen LogP contribution >= 0.6 is 11.6 Å². The summed E-state index contributed by atoms with van der Waals surface area (Å²) in [5.74, 6) is 1.03. The van der Waals surface area contributed by atoms with E-state index in [9.17, 15) is 9.18 Å². The van der Waals surface area contributed by atoms with Crippen molar-refractivity contribution in [2.75, 3.05) is 38.2 Å². The fourth-order valence-electron chi connectivity index (χ4n) is 6.78. The summed E-state index contributed by atoms with van der Waals surface area (Å²) in [5, 5.41) is 5.77. The van der Waals surface area contributed by atoms with E-state index in [1.807, 2.05) is 26.0 Å². The van der Waals surface area contributed by atoms with E-state index in [2.05, 4.69) is 21.3 Å². The van der Waals surface area contributed by atoms with Crippen molar-refractivity contribution in [3.63, 3.8) is 0 Å². The summed E-state index contributed by atoms with van der Waals surface area (Å²) in [5.41, 5.74) is 0.746. The van der Waals surface area contributed by atoms with Crippen LogP contribution in [0.2, 0.25) is 5.02 Å². The second kappa shape index (κ2) is 9.19. The van der Waals surface area contributed by atoms with E-state index in [1.165, 1.54) is 0 Å². The molecule has 4 fully saturated rings. The Bertz CT molecular complexity index is 1160. The third kappa shape index (κ3) is 4.22. The van der Waals surface area contributed by atoms with Gasteiger partial charge in [-0.05, 0) is 99.5 Å². The van der Waals surface area contributed by atoms with E-state index in [-0.39, 0.29) is 23.8 Å². The number of likely N-dealkylation sites (tertiary alicyclic amines) is 1. The zero-order valence-corrected chi connectivity index (χ0v) is 21.8. The molecular formula is C28H35ClFN3O3. The summed E-state index contributed by atoms with van der Waals surface area (Å²) in [6, 6.07) is 6.07. The molecule has 1 aromatic heterocycles. The quantitative estimate of drug-likeness (QED) is 0.562. The molecule has 6 nitrogen and oxygen atoms in total. The highest BCUT2D eigenvalue weighted by molar-refractivity contribution is 6.32. The Morgan fingerprint density at radius 3 is 2.72 bits per heavy atom. The number of alkyl halides is 1. The van der Waals surface area contributed by atoms with Crippen LogP contribution in [0.3, 0.4) is 0 Å². The average Bonchev–Trinajstić information content (AvgIpc) is 3.50. The summed E-state index contributed by atoms with van der Waals surface area (Å²) in [6.45, 7) is 7.01. The number of nitrogens with zero attached hydrogens (tertiary/aromatic N) is 2. The summed E-state index contributed by atoms with van der Waals surface area (Å²) in [7, 11) is 0. The van der Waals surface area contributed by atoms with Crippen LogP contribution in [0.15, 0.2) is 24.4 Å². The lowest BCUT2D eigenvalue weighted by Gasteiger charge is -2.43. The summed E-state index contributed by atoms with van der Waals surface area (Å²) < 4.78 is 25.6. The molecule has 6 rings (SSSR count). The fraction of sp³-hybridized carbons (Fsp3) is 0.643. The number of amides is 1. The number of hydrogen-bond donors (Lipinski definition) is 1. The number of fused-ring (bicyclic) bond motifs is 1. The van der Waals surface area contributed by atoms with Gasteiger partial charge in [-0.3, -0.25) is 9.69 Å². The number of carbonyl (C=O) groups excluding carboxylic acids is 1. The molecule has 1 aromatic carbocycles. The van der Waals surface area contributed by atoms with Gasteiger partial charge in [0.2, 0.25) is 5.91 Å². The molecule has 2 saturated heterocycles. The number of hydrogen-bond acceptors (Lipinski definition) is 5. The maximum atomic E-state index is 14.5. The number of anilines is 1. The molecule has 0 radical (unpaired) electrons. The molecule has 194 valence electrons. The van der Waals surface area contributed by atoms with Gasteiger partial charge in [-0.15, -0.1) is 0 Å². The highest BCUT2D eigenvalue weighted by atomic mass is 35.5. The molecule has 1 N–H and O–H groups in total. The van der Waals surface area contributed by atoms with E-state index in [4.69, 9.17) is 21.1 Å². The van der Waals surface area contributed by atoms with Gasteiger partial charge >= 0.3 is 0 Å². The van der Waals surface area contributed by atoms with Crippen LogP contribution in [0, 0.1) is 11.3 Å². The summed E-state index contributed by atoms with van der Waals surface area (Å²) in [6.07, 6.45) is 5.93. The predicted octanol–water partition coefficient (Wildman–Crippen LogP) is 5.34. The Hall–Kier alpha value is -1.80. The molecule has 3 heterocycles. The Morgan fingerprint density at radius 1 is 1.25 bits per heavy atom. The van der Waals surface area contributed by atoms with Crippen LogP contribution in [-0.4, -0.2) is 66.5 Å². The molecule has 3 atom stereocenters. The number of aromatic nitrogens is 1. The van der Waals surface area contributed by atoms with Gasteiger partial charge in [0.15, 0.2) is 0 Å². The first-order valence-electron chi connectivity index (χ1n) is 13.3. The fourth-order valence-corrected chi connectivity index (χ4v) is 7.10. The number of carbonyl (C=O) groups is 1. The standard InChI is InChI=1S/C28H35ClFN3O3/c1-3-36-20-11-28(12-20)13-22(28)26(34)32-25-10-18-8-21(23(29)9-19(18)14-31-25)17-4-6-33(7-5-17)27(2)16-35-15-24(27)30/h8-10,14,17,20,22,24H,3-7,11-13,15-16H2,1-2H3,(H,31,32,34)/t20?,22?,24-,27+,28?/m0/s1. The van der Waals surface area contributed by atoms with Crippen molar-refractivity contribution in [2.24, 2.45) is 11.3 Å². The number of pyridine rings is 1. The molecule has 1 spiro atoms. The van der Waals surface area contributed by atoms with Gasteiger partial charge in [-0.2, -0.15) is 0 Å². The molecule has 0 bridgehead atoms. The number of halogens is 2. The van der Waals surface area contributed by atoms with Gasteiger partial charge in [0, 0.05) is 29.1 Å². The molecular weight excluding hydrogens is 481 g/mol. The third-order valence-electron chi connectivity index (χ3n) is 9.26. The summed E-state index contributed by atoms with van der Waals surface area (Å²) >= 11 is 6.71. The monoisotopic (exact) mass is 515 g/mol. The molecule has 2 aromatic rings. The van der Waals surface area contributed by atoms with Crippen LogP contribution in [0.25, 0.3) is 10.8 Å². The van der Waals surface area contributed by atoms with Crippen LogP contribution in [0.1, 0.15) is 57.4 Å². The Balaban J connectivity index is 1.12. The van der Waals surface area contributed by atoms with E-state index < -0.39 is 11.7 Å².